The standard InChI is InChI=1S/C26H30ClN5O/c27-22-11-5-4-10-21(22)23-17-24-25(28-14-16-32(24)30-23)31-15-6-9-20(18-31)26(33)29-13-12-19-7-2-1-3-8-19/h4-5,7,10-11,14,16-17,20H,1-3,6,8-9,12-13,15,18H2,(H,29,33)/t20-/m1/s1. The monoisotopic (exact) mass is 463 g/mol. The van der Waals surface area contributed by atoms with Crippen molar-refractivity contribution in [3.05, 3.63) is 59.4 Å². The van der Waals surface area contributed by atoms with Gasteiger partial charge in [-0.25, -0.2) is 9.50 Å². The average molecular weight is 464 g/mol. The average Bonchev–Trinajstić information content (AvgIpc) is 3.29. The number of allylic oxidation sites excluding steroid dienone is 1. The van der Waals surface area contributed by atoms with E-state index in [2.05, 4.69) is 21.3 Å². The van der Waals surface area contributed by atoms with E-state index in [0.29, 0.717) is 11.6 Å². The fourth-order valence-corrected chi connectivity index (χ4v) is 5.19. The van der Waals surface area contributed by atoms with Crippen molar-refractivity contribution in [1.82, 2.24) is 19.9 Å². The zero-order valence-corrected chi connectivity index (χ0v) is 19.6. The van der Waals surface area contributed by atoms with Crippen LogP contribution in [0.2, 0.25) is 5.02 Å². The highest BCUT2D eigenvalue weighted by Crippen LogP contribution is 2.31. The predicted molar refractivity (Wildman–Crippen MR) is 133 cm³/mol. The van der Waals surface area contributed by atoms with Gasteiger partial charge in [-0.3, -0.25) is 4.79 Å². The number of anilines is 1. The van der Waals surface area contributed by atoms with E-state index in [1.165, 1.54) is 31.3 Å². The summed E-state index contributed by atoms with van der Waals surface area (Å²) in [5.74, 6) is 1.01. The van der Waals surface area contributed by atoms with Crippen molar-refractivity contribution < 1.29 is 4.79 Å². The first-order valence-corrected chi connectivity index (χ1v) is 12.4. The van der Waals surface area contributed by atoms with Crippen LogP contribution < -0.4 is 10.2 Å². The molecular formula is C26H30ClN5O. The maximum atomic E-state index is 12.9. The molecule has 3 aromatic rings. The zero-order chi connectivity index (χ0) is 22.6. The summed E-state index contributed by atoms with van der Waals surface area (Å²) in [7, 11) is 0. The summed E-state index contributed by atoms with van der Waals surface area (Å²) >= 11 is 6.40. The van der Waals surface area contributed by atoms with E-state index >= 15 is 0 Å². The van der Waals surface area contributed by atoms with Gasteiger partial charge in [0.25, 0.3) is 0 Å². The topological polar surface area (TPSA) is 62.5 Å². The van der Waals surface area contributed by atoms with Crippen molar-refractivity contribution in [3.63, 3.8) is 0 Å². The number of hydrogen-bond donors (Lipinski definition) is 1. The second-order valence-corrected chi connectivity index (χ2v) is 9.43. The molecule has 1 saturated heterocycles. The van der Waals surface area contributed by atoms with Crippen LogP contribution in [0.15, 0.2) is 54.4 Å². The minimum absolute atomic E-state index is 0.0212. The van der Waals surface area contributed by atoms with E-state index in [4.69, 9.17) is 16.7 Å². The highest BCUT2D eigenvalue weighted by Gasteiger charge is 2.28. The first-order valence-electron chi connectivity index (χ1n) is 12.0. The first kappa shape index (κ1) is 22.0. The second-order valence-electron chi connectivity index (χ2n) is 9.02. The Kier molecular flexibility index (Phi) is 6.63. The molecule has 33 heavy (non-hydrogen) atoms. The van der Waals surface area contributed by atoms with Gasteiger partial charge in [-0.2, -0.15) is 5.10 Å². The van der Waals surface area contributed by atoms with E-state index in [9.17, 15) is 4.79 Å². The molecule has 2 aliphatic rings. The number of fused-ring (bicyclic) bond motifs is 1. The Labute approximate surface area is 199 Å². The Morgan fingerprint density at radius 1 is 1.21 bits per heavy atom. The number of rotatable bonds is 6. The number of halogens is 1. The van der Waals surface area contributed by atoms with Gasteiger partial charge >= 0.3 is 0 Å². The number of amides is 1. The summed E-state index contributed by atoms with van der Waals surface area (Å²) in [6.07, 6.45) is 13.8. The molecule has 3 heterocycles. The Bertz CT molecular complexity index is 1170. The number of piperidine rings is 1. The van der Waals surface area contributed by atoms with Crippen LogP contribution in [0.1, 0.15) is 44.9 Å². The van der Waals surface area contributed by atoms with E-state index in [1.807, 2.05) is 41.0 Å². The van der Waals surface area contributed by atoms with Gasteiger partial charge in [0.2, 0.25) is 5.91 Å². The van der Waals surface area contributed by atoms with Crippen molar-refractivity contribution in [3.8, 4) is 11.3 Å². The van der Waals surface area contributed by atoms with Crippen molar-refractivity contribution in [2.24, 2.45) is 5.92 Å². The molecule has 172 valence electrons. The molecule has 0 spiro atoms. The second kappa shape index (κ2) is 9.96. The zero-order valence-electron chi connectivity index (χ0n) is 18.8. The van der Waals surface area contributed by atoms with Crippen LogP contribution in [0.3, 0.4) is 0 Å². The predicted octanol–water partition coefficient (Wildman–Crippen LogP) is 5.27. The Balaban J connectivity index is 1.29. The molecule has 1 aliphatic carbocycles. The van der Waals surface area contributed by atoms with Crippen molar-refractivity contribution in [2.75, 3.05) is 24.5 Å². The summed E-state index contributed by atoms with van der Waals surface area (Å²) in [6.45, 7) is 2.29. The number of aromatic nitrogens is 3. The molecule has 0 bridgehead atoms. The third-order valence-electron chi connectivity index (χ3n) is 6.74. The van der Waals surface area contributed by atoms with Crippen LogP contribution in [0, 0.1) is 5.92 Å². The highest BCUT2D eigenvalue weighted by molar-refractivity contribution is 6.33. The van der Waals surface area contributed by atoms with Crippen LogP contribution >= 0.6 is 11.6 Å². The fraction of sp³-hybridized carbons (Fsp3) is 0.423. The van der Waals surface area contributed by atoms with Gasteiger partial charge in [-0.15, -0.1) is 0 Å². The fourth-order valence-electron chi connectivity index (χ4n) is 4.96. The summed E-state index contributed by atoms with van der Waals surface area (Å²) in [6, 6.07) is 9.76. The Hall–Kier alpha value is -2.86. The molecule has 1 aromatic carbocycles. The number of nitrogens with zero attached hydrogens (tertiary/aromatic N) is 4. The summed E-state index contributed by atoms with van der Waals surface area (Å²) in [4.78, 5) is 19.8. The van der Waals surface area contributed by atoms with E-state index in [1.54, 1.807) is 6.20 Å². The molecule has 1 amide bonds. The van der Waals surface area contributed by atoms with Gasteiger partial charge in [0.1, 0.15) is 5.52 Å². The Morgan fingerprint density at radius 2 is 2.12 bits per heavy atom. The molecule has 0 saturated carbocycles. The lowest BCUT2D eigenvalue weighted by Gasteiger charge is -2.33. The van der Waals surface area contributed by atoms with Gasteiger partial charge in [0.15, 0.2) is 5.82 Å². The number of benzene rings is 1. The third kappa shape index (κ3) is 4.91. The van der Waals surface area contributed by atoms with Crippen LogP contribution in [0.25, 0.3) is 16.8 Å². The summed E-state index contributed by atoms with van der Waals surface area (Å²) in [5.41, 5.74) is 4.14. The summed E-state index contributed by atoms with van der Waals surface area (Å²) in [5, 5.41) is 8.58. The molecule has 5 rings (SSSR count). The van der Waals surface area contributed by atoms with Crippen molar-refractivity contribution >= 4 is 28.8 Å². The first-order chi connectivity index (χ1) is 16.2. The van der Waals surface area contributed by atoms with E-state index < -0.39 is 0 Å². The number of carbonyl (C=O) groups excluding carboxylic acids is 1. The molecule has 6 nitrogen and oxygen atoms in total. The number of hydrogen-bond acceptors (Lipinski definition) is 4. The van der Waals surface area contributed by atoms with Gasteiger partial charge in [0, 0.05) is 37.6 Å². The Morgan fingerprint density at radius 3 is 2.97 bits per heavy atom. The number of carbonyl (C=O) groups is 1. The lowest BCUT2D eigenvalue weighted by molar-refractivity contribution is -0.125. The van der Waals surface area contributed by atoms with Crippen LogP contribution in [0.4, 0.5) is 5.82 Å². The van der Waals surface area contributed by atoms with Gasteiger partial charge in [-0.1, -0.05) is 41.4 Å². The minimum atomic E-state index is -0.0212. The molecular weight excluding hydrogens is 434 g/mol. The quantitative estimate of drug-likeness (QED) is 0.505. The maximum Gasteiger partial charge on any atom is 0.224 e. The van der Waals surface area contributed by atoms with Crippen LogP contribution in [0.5, 0.6) is 0 Å². The van der Waals surface area contributed by atoms with E-state index in [-0.39, 0.29) is 11.8 Å². The number of nitrogens with one attached hydrogen (secondary N) is 1. The third-order valence-corrected chi connectivity index (χ3v) is 7.07. The van der Waals surface area contributed by atoms with E-state index in [0.717, 1.165) is 54.9 Å². The molecule has 1 aliphatic heterocycles. The maximum absolute atomic E-state index is 12.9. The molecule has 7 heteroatoms. The SMILES string of the molecule is O=C(NCCC1=CCCCC1)[C@@H]1CCCN(c2nccn3nc(-c4ccccc4Cl)cc23)C1. The van der Waals surface area contributed by atoms with Crippen molar-refractivity contribution in [2.45, 2.75) is 44.9 Å². The minimum Gasteiger partial charge on any atom is -0.355 e. The molecule has 1 N–H and O–H groups in total. The van der Waals surface area contributed by atoms with Gasteiger partial charge in [-0.05, 0) is 57.1 Å². The molecule has 1 fully saturated rings. The van der Waals surface area contributed by atoms with Gasteiger partial charge in [0.05, 0.1) is 16.6 Å². The largest absolute Gasteiger partial charge is 0.355 e. The van der Waals surface area contributed by atoms with Crippen LogP contribution in [-0.4, -0.2) is 40.1 Å². The molecule has 0 radical (unpaired) electrons. The normalized spacial score (nSPS) is 18.9. The van der Waals surface area contributed by atoms with Gasteiger partial charge < -0.3 is 10.2 Å². The molecule has 1 atom stereocenters. The van der Waals surface area contributed by atoms with Crippen LogP contribution in [-0.2, 0) is 4.79 Å². The lowest BCUT2D eigenvalue weighted by Crippen LogP contribution is -2.43. The van der Waals surface area contributed by atoms with Crippen molar-refractivity contribution in [1.29, 1.82) is 0 Å². The smallest absolute Gasteiger partial charge is 0.224 e. The molecule has 2 aromatic heterocycles. The lowest BCUT2D eigenvalue weighted by atomic mass is 9.96. The summed E-state index contributed by atoms with van der Waals surface area (Å²) < 4.78 is 1.85. The highest BCUT2D eigenvalue weighted by atomic mass is 35.5. The molecule has 0 unspecified atom stereocenters.